The summed E-state index contributed by atoms with van der Waals surface area (Å²) in [6, 6.07) is -0.405. The van der Waals surface area contributed by atoms with E-state index in [4.69, 9.17) is 9.84 Å². The summed E-state index contributed by atoms with van der Waals surface area (Å²) < 4.78 is 40.8. The van der Waals surface area contributed by atoms with Gasteiger partial charge < -0.3 is 20.5 Å². The quantitative estimate of drug-likeness (QED) is 0.319. The molecule has 0 aromatic rings. The van der Waals surface area contributed by atoms with Gasteiger partial charge in [0.15, 0.2) is 0 Å². The third kappa shape index (κ3) is 13.5. The summed E-state index contributed by atoms with van der Waals surface area (Å²) in [7, 11) is 0. The van der Waals surface area contributed by atoms with Crippen LogP contribution in [-0.2, 0) is 23.9 Å². The number of ether oxygens (including phenoxy) is 1. The van der Waals surface area contributed by atoms with Gasteiger partial charge in [0.1, 0.15) is 6.61 Å². The molecule has 1 atom stereocenters. The number of halogens is 3. The maximum atomic E-state index is 12.0. The summed E-state index contributed by atoms with van der Waals surface area (Å²) in [5.74, 6) is -4.04. The van der Waals surface area contributed by atoms with Crippen molar-refractivity contribution >= 4 is 23.8 Å². The van der Waals surface area contributed by atoms with Crippen LogP contribution in [0.3, 0.4) is 0 Å². The van der Waals surface area contributed by atoms with Gasteiger partial charge in [0.25, 0.3) is 0 Å². The molecule has 0 spiro atoms. The number of amides is 2. The number of carbonyl (C=O) groups excluding carboxylic acids is 3. The molecule has 0 rings (SSSR count). The highest BCUT2D eigenvalue weighted by atomic mass is 19.4. The molecule has 0 saturated carbocycles. The number of hydrogen-bond donors (Lipinski definition) is 3. The molecular formula is C16H25F3N2O6. The first-order valence-corrected chi connectivity index (χ1v) is 8.58. The van der Waals surface area contributed by atoms with Gasteiger partial charge in [-0.15, -0.1) is 0 Å². The largest absolute Gasteiger partial charge is 0.481 e. The number of alkyl halides is 3. The molecule has 0 aromatic carbocycles. The summed E-state index contributed by atoms with van der Waals surface area (Å²) in [4.78, 5) is 44.1. The molecule has 0 fully saturated rings. The van der Waals surface area contributed by atoms with Crippen LogP contribution in [0.25, 0.3) is 0 Å². The molecular weight excluding hydrogens is 373 g/mol. The number of carbonyl (C=O) groups is 4. The van der Waals surface area contributed by atoms with E-state index in [-0.39, 0.29) is 38.3 Å². The van der Waals surface area contributed by atoms with Gasteiger partial charge in [-0.2, -0.15) is 13.2 Å². The summed E-state index contributed by atoms with van der Waals surface area (Å²) in [6.45, 7) is 1.59. The Labute approximate surface area is 154 Å². The number of hydrogen-bond acceptors (Lipinski definition) is 5. The van der Waals surface area contributed by atoms with Crippen molar-refractivity contribution in [1.82, 2.24) is 10.6 Å². The fourth-order valence-corrected chi connectivity index (χ4v) is 1.93. The van der Waals surface area contributed by atoms with E-state index in [2.05, 4.69) is 5.32 Å². The van der Waals surface area contributed by atoms with E-state index in [9.17, 15) is 32.3 Å². The molecule has 0 aliphatic carbocycles. The van der Waals surface area contributed by atoms with E-state index >= 15 is 0 Å². The number of carboxylic acids is 1. The average molecular weight is 398 g/mol. The second-order valence-corrected chi connectivity index (χ2v) is 5.81. The Bertz CT molecular complexity index is 511. The third-order valence-corrected chi connectivity index (χ3v) is 3.47. The molecule has 0 bridgehead atoms. The molecule has 3 N–H and O–H groups in total. The highest BCUT2D eigenvalue weighted by molar-refractivity contribution is 5.81. The van der Waals surface area contributed by atoms with E-state index < -0.39 is 30.1 Å². The van der Waals surface area contributed by atoms with Gasteiger partial charge in [0.2, 0.25) is 5.91 Å². The molecule has 0 heterocycles. The molecule has 0 aliphatic heterocycles. The second-order valence-electron chi connectivity index (χ2n) is 5.81. The molecule has 8 nitrogen and oxygen atoms in total. The van der Waals surface area contributed by atoms with Crippen molar-refractivity contribution in [2.45, 2.75) is 64.1 Å². The summed E-state index contributed by atoms with van der Waals surface area (Å²) in [6.07, 6.45) is -3.61. The minimum Gasteiger partial charge on any atom is -0.481 e. The monoisotopic (exact) mass is 398 g/mol. The molecule has 0 aliphatic rings. The lowest BCUT2D eigenvalue weighted by Crippen LogP contribution is -2.38. The molecule has 0 aromatic heterocycles. The van der Waals surface area contributed by atoms with Crippen LogP contribution in [0.5, 0.6) is 0 Å². The minimum absolute atomic E-state index is 0.0653. The number of esters is 1. The SMILES string of the molecule is CCC(COC(=O)CCC(=O)O)NC(=O)CCCCCNC(=O)C(F)(F)F. The average Bonchev–Trinajstić information content (AvgIpc) is 2.58. The van der Waals surface area contributed by atoms with Crippen LogP contribution in [0.2, 0.25) is 0 Å². The second kappa shape index (κ2) is 12.9. The Kier molecular flexibility index (Phi) is 11.8. The van der Waals surface area contributed by atoms with Crippen molar-refractivity contribution in [3.8, 4) is 0 Å². The first-order valence-electron chi connectivity index (χ1n) is 8.58. The minimum atomic E-state index is -4.90. The lowest BCUT2D eigenvalue weighted by molar-refractivity contribution is -0.173. The van der Waals surface area contributed by atoms with Crippen LogP contribution in [0.15, 0.2) is 0 Å². The third-order valence-electron chi connectivity index (χ3n) is 3.47. The Morgan fingerprint density at radius 1 is 1.04 bits per heavy atom. The first kappa shape index (κ1) is 24.7. The van der Waals surface area contributed by atoms with E-state index in [1.54, 1.807) is 12.2 Å². The van der Waals surface area contributed by atoms with Gasteiger partial charge in [-0.3, -0.25) is 19.2 Å². The molecule has 11 heteroatoms. The maximum absolute atomic E-state index is 12.0. The molecule has 27 heavy (non-hydrogen) atoms. The van der Waals surface area contributed by atoms with Gasteiger partial charge >= 0.3 is 24.0 Å². The van der Waals surface area contributed by atoms with E-state index in [0.29, 0.717) is 25.7 Å². The topological polar surface area (TPSA) is 122 Å². The molecule has 0 radical (unpaired) electrons. The molecule has 0 saturated heterocycles. The van der Waals surface area contributed by atoms with Gasteiger partial charge in [0, 0.05) is 13.0 Å². The Balaban J connectivity index is 3.87. The van der Waals surface area contributed by atoms with Crippen LogP contribution in [0.1, 0.15) is 51.9 Å². The fraction of sp³-hybridized carbons (Fsp3) is 0.750. The van der Waals surface area contributed by atoms with Crippen LogP contribution < -0.4 is 10.6 Å². The number of unbranched alkanes of at least 4 members (excludes halogenated alkanes) is 2. The standard InChI is InChI=1S/C16H25F3N2O6/c1-2-11(10-27-14(25)8-7-13(23)24)21-12(22)6-4-3-5-9-20-15(26)16(17,18)19/h11H,2-10H2,1H3,(H,20,26)(H,21,22)(H,23,24). The Morgan fingerprint density at radius 2 is 1.70 bits per heavy atom. The van der Waals surface area contributed by atoms with E-state index in [1.165, 1.54) is 0 Å². The van der Waals surface area contributed by atoms with Crippen molar-refractivity contribution in [2.75, 3.05) is 13.2 Å². The first-order chi connectivity index (χ1) is 12.6. The smallest absolute Gasteiger partial charge is 0.471 e. The number of nitrogens with one attached hydrogen (secondary N) is 2. The summed E-state index contributed by atoms with van der Waals surface area (Å²) in [5, 5.41) is 12.9. The van der Waals surface area contributed by atoms with Crippen molar-refractivity contribution in [3.63, 3.8) is 0 Å². The van der Waals surface area contributed by atoms with Crippen LogP contribution in [0.4, 0.5) is 13.2 Å². The number of carboxylic acid groups (broad SMARTS) is 1. The van der Waals surface area contributed by atoms with Crippen molar-refractivity contribution in [2.24, 2.45) is 0 Å². The van der Waals surface area contributed by atoms with Crippen LogP contribution in [-0.4, -0.2) is 54.2 Å². The van der Waals surface area contributed by atoms with E-state index in [1.807, 2.05) is 0 Å². The van der Waals surface area contributed by atoms with Gasteiger partial charge in [-0.05, 0) is 19.3 Å². The zero-order valence-electron chi connectivity index (χ0n) is 15.1. The normalized spacial score (nSPS) is 12.1. The zero-order chi connectivity index (χ0) is 20.9. The lowest BCUT2D eigenvalue weighted by Gasteiger charge is -2.17. The number of aliphatic carboxylic acids is 1. The van der Waals surface area contributed by atoms with Gasteiger partial charge in [0.05, 0.1) is 18.9 Å². The Morgan fingerprint density at radius 3 is 2.26 bits per heavy atom. The van der Waals surface area contributed by atoms with Crippen LogP contribution in [0, 0.1) is 0 Å². The predicted octanol–water partition coefficient (Wildman–Crippen LogP) is 1.53. The fourth-order valence-electron chi connectivity index (χ4n) is 1.93. The maximum Gasteiger partial charge on any atom is 0.471 e. The highest BCUT2D eigenvalue weighted by Crippen LogP contribution is 2.14. The summed E-state index contributed by atoms with van der Waals surface area (Å²) >= 11 is 0. The van der Waals surface area contributed by atoms with Crippen molar-refractivity contribution in [3.05, 3.63) is 0 Å². The van der Waals surface area contributed by atoms with Crippen LogP contribution >= 0.6 is 0 Å². The molecule has 156 valence electrons. The zero-order valence-corrected chi connectivity index (χ0v) is 15.1. The highest BCUT2D eigenvalue weighted by Gasteiger charge is 2.38. The summed E-state index contributed by atoms with van der Waals surface area (Å²) in [5.41, 5.74) is 0. The van der Waals surface area contributed by atoms with Gasteiger partial charge in [-0.25, -0.2) is 0 Å². The van der Waals surface area contributed by atoms with Gasteiger partial charge in [-0.1, -0.05) is 13.3 Å². The molecule has 2 amide bonds. The van der Waals surface area contributed by atoms with Crippen molar-refractivity contribution < 1.29 is 42.2 Å². The molecule has 1 unspecified atom stereocenters. The van der Waals surface area contributed by atoms with E-state index in [0.717, 1.165) is 0 Å². The lowest BCUT2D eigenvalue weighted by atomic mass is 10.1. The van der Waals surface area contributed by atoms with Crippen molar-refractivity contribution in [1.29, 1.82) is 0 Å². The predicted molar refractivity (Wildman–Crippen MR) is 87.6 cm³/mol. The Hall–Kier alpha value is -2.33. The number of rotatable bonds is 13.